The van der Waals surface area contributed by atoms with E-state index in [0.29, 0.717) is 37.3 Å². The van der Waals surface area contributed by atoms with Crippen molar-refractivity contribution in [2.75, 3.05) is 19.6 Å². The third-order valence-electron chi connectivity index (χ3n) is 6.59. The minimum absolute atomic E-state index is 0.000971. The average Bonchev–Trinajstić information content (AvgIpc) is 3.23. The number of aromatic nitrogens is 2. The lowest BCUT2D eigenvalue weighted by molar-refractivity contribution is 0.0531. The van der Waals surface area contributed by atoms with Crippen molar-refractivity contribution < 1.29 is 14.0 Å². The molecule has 32 heavy (non-hydrogen) atoms. The molecule has 2 aromatic heterocycles. The number of likely N-dealkylation sites (tertiary alicyclic amines) is 2. The second kappa shape index (κ2) is 8.49. The van der Waals surface area contributed by atoms with Gasteiger partial charge in [-0.1, -0.05) is 18.2 Å². The zero-order valence-electron chi connectivity index (χ0n) is 17.5. The van der Waals surface area contributed by atoms with E-state index in [1.165, 1.54) is 12.1 Å². The SMILES string of the molecule is O=C(c1ccncc1)N1CC[C@H]2[C@@H](C1)[C@H](c1ccc(F)cc1)CN2C(=O)c1ccccn1. The molecule has 2 saturated heterocycles. The molecule has 0 spiro atoms. The first-order valence-corrected chi connectivity index (χ1v) is 10.8. The van der Waals surface area contributed by atoms with Gasteiger partial charge in [-0.05, 0) is 48.4 Å². The highest BCUT2D eigenvalue weighted by molar-refractivity contribution is 5.94. The number of benzene rings is 1. The zero-order chi connectivity index (χ0) is 22.1. The van der Waals surface area contributed by atoms with Gasteiger partial charge in [0.05, 0.1) is 0 Å². The van der Waals surface area contributed by atoms with E-state index in [0.717, 1.165) is 5.56 Å². The number of pyridine rings is 2. The Kier molecular flexibility index (Phi) is 5.39. The number of carbonyl (C=O) groups is 2. The molecule has 162 valence electrons. The van der Waals surface area contributed by atoms with Crippen LogP contribution in [-0.2, 0) is 0 Å². The fourth-order valence-corrected chi connectivity index (χ4v) is 5.03. The Labute approximate surface area is 185 Å². The van der Waals surface area contributed by atoms with Gasteiger partial charge in [-0.15, -0.1) is 0 Å². The number of hydrogen-bond donors (Lipinski definition) is 0. The summed E-state index contributed by atoms with van der Waals surface area (Å²) in [5.41, 5.74) is 2.01. The summed E-state index contributed by atoms with van der Waals surface area (Å²) in [7, 11) is 0. The molecule has 0 aliphatic carbocycles. The van der Waals surface area contributed by atoms with E-state index in [2.05, 4.69) is 9.97 Å². The number of nitrogens with zero attached hydrogens (tertiary/aromatic N) is 4. The summed E-state index contributed by atoms with van der Waals surface area (Å²) in [6, 6.07) is 15.2. The standard InChI is InChI=1S/C25H23FN4O2/c26-19-6-4-17(5-7-19)20-16-30(25(32)22-3-1-2-11-28-22)23-10-14-29(15-21(20)23)24(31)18-8-12-27-13-9-18/h1-9,11-13,20-21,23H,10,14-16H2/t20-,21-,23-/m0/s1. The van der Waals surface area contributed by atoms with E-state index in [4.69, 9.17) is 0 Å². The third-order valence-corrected chi connectivity index (χ3v) is 6.59. The summed E-state index contributed by atoms with van der Waals surface area (Å²) in [5.74, 6) is -0.339. The van der Waals surface area contributed by atoms with Crippen LogP contribution in [0.2, 0.25) is 0 Å². The van der Waals surface area contributed by atoms with Crippen LogP contribution >= 0.6 is 0 Å². The van der Waals surface area contributed by atoms with E-state index in [1.54, 1.807) is 61.1 Å². The molecule has 0 unspecified atom stereocenters. The van der Waals surface area contributed by atoms with Crippen molar-refractivity contribution in [2.45, 2.75) is 18.4 Å². The molecule has 1 aromatic carbocycles. The Morgan fingerprint density at radius 3 is 2.41 bits per heavy atom. The lowest BCUT2D eigenvalue weighted by Gasteiger charge is -2.39. The van der Waals surface area contributed by atoms with E-state index in [-0.39, 0.29) is 35.5 Å². The molecular weight excluding hydrogens is 407 g/mol. The Hall–Kier alpha value is -3.61. The molecule has 6 nitrogen and oxygen atoms in total. The summed E-state index contributed by atoms with van der Waals surface area (Å²) >= 11 is 0. The number of piperidine rings is 1. The van der Waals surface area contributed by atoms with Gasteiger partial charge >= 0.3 is 0 Å². The lowest BCUT2D eigenvalue weighted by Crippen LogP contribution is -2.49. The van der Waals surface area contributed by atoms with Crippen LogP contribution in [0.5, 0.6) is 0 Å². The smallest absolute Gasteiger partial charge is 0.272 e. The van der Waals surface area contributed by atoms with Gasteiger partial charge in [-0.3, -0.25) is 19.6 Å². The van der Waals surface area contributed by atoms with Crippen LogP contribution in [0.4, 0.5) is 4.39 Å². The molecule has 2 aliphatic heterocycles. The van der Waals surface area contributed by atoms with Gasteiger partial charge in [-0.2, -0.15) is 0 Å². The molecule has 2 aliphatic rings. The van der Waals surface area contributed by atoms with Crippen LogP contribution in [-0.4, -0.2) is 57.3 Å². The predicted octanol–water partition coefficient (Wildman–Crippen LogP) is 3.39. The van der Waals surface area contributed by atoms with E-state index in [9.17, 15) is 14.0 Å². The fraction of sp³-hybridized carbons (Fsp3) is 0.280. The van der Waals surface area contributed by atoms with Crippen LogP contribution in [0.15, 0.2) is 73.2 Å². The topological polar surface area (TPSA) is 66.4 Å². The second-order valence-electron chi connectivity index (χ2n) is 8.34. The van der Waals surface area contributed by atoms with Crippen LogP contribution < -0.4 is 0 Å². The Morgan fingerprint density at radius 2 is 1.69 bits per heavy atom. The molecule has 3 aromatic rings. The molecule has 2 amide bonds. The van der Waals surface area contributed by atoms with Gasteiger partial charge in [0.2, 0.25) is 0 Å². The summed E-state index contributed by atoms with van der Waals surface area (Å²) in [6.45, 7) is 1.64. The molecule has 0 bridgehead atoms. The molecule has 0 N–H and O–H groups in total. The first kappa shape index (κ1) is 20.3. The number of carbonyl (C=O) groups excluding carboxylic acids is 2. The number of hydrogen-bond acceptors (Lipinski definition) is 4. The maximum atomic E-state index is 13.6. The van der Waals surface area contributed by atoms with Crippen LogP contribution in [0.3, 0.4) is 0 Å². The molecule has 2 fully saturated rings. The summed E-state index contributed by atoms with van der Waals surface area (Å²) < 4.78 is 13.6. The fourth-order valence-electron chi connectivity index (χ4n) is 5.03. The molecule has 3 atom stereocenters. The van der Waals surface area contributed by atoms with Crippen molar-refractivity contribution in [3.63, 3.8) is 0 Å². The summed E-state index contributed by atoms with van der Waals surface area (Å²) in [6.07, 6.45) is 5.54. The highest BCUT2D eigenvalue weighted by Gasteiger charge is 2.48. The molecule has 0 saturated carbocycles. The number of rotatable bonds is 3. The number of halogens is 1. The molecule has 4 heterocycles. The normalized spacial score (nSPS) is 22.5. The average molecular weight is 430 g/mol. The number of amides is 2. The van der Waals surface area contributed by atoms with Crippen molar-refractivity contribution in [3.05, 3.63) is 95.8 Å². The Bertz CT molecular complexity index is 1110. The maximum absolute atomic E-state index is 13.6. The molecule has 5 rings (SSSR count). The highest BCUT2D eigenvalue weighted by Crippen LogP contribution is 2.42. The Balaban J connectivity index is 1.44. The van der Waals surface area contributed by atoms with Gasteiger partial charge in [0.1, 0.15) is 11.5 Å². The molecular formula is C25H23FN4O2. The highest BCUT2D eigenvalue weighted by atomic mass is 19.1. The van der Waals surface area contributed by atoms with Crippen molar-refractivity contribution in [1.29, 1.82) is 0 Å². The van der Waals surface area contributed by atoms with Crippen LogP contribution in [0.1, 0.15) is 38.7 Å². The largest absolute Gasteiger partial charge is 0.338 e. The quantitative estimate of drug-likeness (QED) is 0.639. The lowest BCUT2D eigenvalue weighted by atomic mass is 9.81. The maximum Gasteiger partial charge on any atom is 0.272 e. The monoisotopic (exact) mass is 430 g/mol. The minimum Gasteiger partial charge on any atom is -0.338 e. The van der Waals surface area contributed by atoms with Gasteiger partial charge in [0.15, 0.2) is 0 Å². The van der Waals surface area contributed by atoms with Gasteiger partial charge < -0.3 is 9.80 Å². The first-order valence-electron chi connectivity index (χ1n) is 10.8. The van der Waals surface area contributed by atoms with Crippen molar-refractivity contribution >= 4 is 11.8 Å². The third kappa shape index (κ3) is 3.75. The minimum atomic E-state index is -0.289. The second-order valence-corrected chi connectivity index (χ2v) is 8.34. The van der Waals surface area contributed by atoms with Crippen molar-refractivity contribution in [1.82, 2.24) is 19.8 Å². The number of fused-ring (bicyclic) bond motifs is 1. The van der Waals surface area contributed by atoms with E-state index in [1.807, 2.05) is 9.80 Å². The van der Waals surface area contributed by atoms with Crippen molar-refractivity contribution in [3.8, 4) is 0 Å². The van der Waals surface area contributed by atoms with Crippen LogP contribution in [0.25, 0.3) is 0 Å². The van der Waals surface area contributed by atoms with Crippen LogP contribution in [0, 0.1) is 11.7 Å². The summed E-state index contributed by atoms with van der Waals surface area (Å²) in [5, 5.41) is 0. The molecule has 0 radical (unpaired) electrons. The van der Waals surface area contributed by atoms with E-state index < -0.39 is 0 Å². The van der Waals surface area contributed by atoms with Gasteiger partial charge in [0, 0.05) is 61.7 Å². The van der Waals surface area contributed by atoms with Gasteiger partial charge in [-0.25, -0.2) is 4.39 Å². The van der Waals surface area contributed by atoms with Gasteiger partial charge in [0.25, 0.3) is 11.8 Å². The zero-order valence-corrected chi connectivity index (χ0v) is 17.5. The van der Waals surface area contributed by atoms with E-state index >= 15 is 0 Å². The first-order chi connectivity index (χ1) is 15.6. The molecule has 7 heteroatoms. The predicted molar refractivity (Wildman–Crippen MR) is 116 cm³/mol. The Morgan fingerprint density at radius 1 is 0.906 bits per heavy atom. The van der Waals surface area contributed by atoms with Crippen molar-refractivity contribution in [2.24, 2.45) is 5.92 Å². The summed E-state index contributed by atoms with van der Waals surface area (Å²) in [4.78, 5) is 38.4.